The minimum absolute atomic E-state index is 0.0245. The third-order valence-corrected chi connectivity index (χ3v) is 5.93. The minimum atomic E-state index is -0.454. The molecule has 0 aromatic carbocycles. The van der Waals surface area contributed by atoms with Crippen molar-refractivity contribution in [3.63, 3.8) is 0 Å². The summed E-state index contributed by atoms with van der Waals surface area (Å²) in [5, 5.41) is 9.12. The summed E-state index contributed by atoms with van der Waals surface area (Å²) in [4.78, 5) is 28.4. The highest BCUT2D eigenvalue weighted by molar-refractivity contribution is 5.79. The van der Waals surface area contributed by atoms with Gasteiger partial charge in [-0.05, 0) is 71.6 Å². The summed E-state index contributed by atoms with van der Waals surface area (Å²) < 4.78 is 5.48. The van der Waals surface area contributed by atoms with Gasteiger partial charge in [-0.3, -0.25) is 4.79 Å². The van der Waals surface area contributed by atoms with E-state index in [2.05, 4.69) is 0 Å². The molecule has 1 aliphatic carbocycles. The highest BCUT2D eigenvalue weighted by Gasteiger charge is 2.41. The van der Waals surface area contributed by atoms with Crippen molar-refractivity contribution >= 4 is 12.0 Å². The zero-order valence-electron chi connectivity index (χ0n) is 16.9. The van der Waals surface area contributed by atoms with E-state index >= 15 is 0 Å². The van der Waals surface area contributed by atoms with Gasteiger partial charge in [-0.15, -0.1) is 0 Å². The molecule has 2 rings (SSSR count). The Morgan fingerprint density at radius 1 is 1.15 bits per heavy atom. The van der Waals surface area contributed by atoms with Crippen molar-refractivity contribution < 1.29 is 19.4 Å². The predicted octanol–water partition coefficient (Wildman–Crippen LogP) is 3.03. The van der Waals surface area contributed by atoms with E-state index in [1.54, 1.807) is 4.90 Å². The number of rotatable bonds is 4. The Bertz CT molecular complexity index is 483. The quantitative estimate of drug-likeness (QED) is 0.828. The fraction of sp³-hybridized carbons (Fsp3) is 0.900. The van der Waals surface area contributed by atoms with E-state index in [-0.39, 0.29) is 29.9 Å². The maximum Gasteiger partial charge on any atom is 0.410 e. The van der Waals surface area contributed by atoms with Crippen LogP contribution >= 0.6 is 0 Å². The van der Waals surface area contributed by atoms with E-state index < -0.39 is 5.60 Å². The monoisotopic (exact) mass is 368 g/mol. The second-order valence-electron chi connectivity index (χ2n) is 8.88. The average molecular weight is 369 g/mol. The number of carbonyl (C=O) groups excluding carboxylic acids is 2. The second-order valence-corrected chi connectivity index (χ2v) is 8.88. The minimum Gasteiger partial charge on any atom is -0.444 e. The lowest BCUT2D eigenvalue weighted by atomic mass is 9.65. The summed E-state index contributed by atoms with van der Waals surface area (Å²) >= 11 is 0. The van der Waals surface area contributed by atoms with E-state index in [1.165, 1.54) is 0 Å². The largest absolute Gasteiger partial charge is 0.444 e. The van der Waals surface area contributed by atoms with Crippen LogP contribution in [0.4, 0.5) is 4.79 Å². The van der Waals surface area contributed by atoms with Gasteiger partial charge in [-0.2, -0.15) is 0 Å². The molecule has 1 saturated heterocycles. The van der Waals surface area contributed by atoms with Crippen LogP contribution in [0.1, 0.15) is 66.2 Å². The van der Waals surface area contributed by atoms with Gasteiger partial charge in [0.15, 0.2) is 0 Å². The molecule has 0 atom stereocenters. The number of aliphatic hydroxyl groups excluding tert-OH is 1. The molecule has 2 fully saturated rings. The van der Waals surface area contributed by atoms with E-state index in [1.807, 2.05) is 32.6 Å². The predicted molar refractivity (Wildman–Crippen MR) is 101 cm³/mol. The lowest BCUT2D eigenvalue weighted by molar-refractivity contribution is -0.138. The molecule has 6 heteroatoms. The topological polar surface area (TPSA) is 70.1 Å². The van der Waals surface area contributed by atoms with Crippen LogP contribution in [0.25, 0.3) is 0 Å². The molecule has 0 radical (unpaired) electrons. The number of nitrogens with zero attached hydrogens (tertiary/aromatic N) is 2. The molecule has 2 amide bonds. The van der Waals surface area contributed by atoms with Crippen LogP contribution in [0.5, 0.6) is 0 Å². The van der Waals surface area contributed by atoms with Crippen LogP contribution in [0.2, 0.25) is 0 Å². The number of hydrogen-bond acceptors (Lipinski definition) is 4. The first-order chi connectivity index (χ1) is 12.2. The van der Waals surface area contributed by atoms with Crippen molar-refractivity contribution in [3.05, 3.63) is 0 Å². The number of carbonyl (C=O) groups is 2. The number of aliphatic hydroxyl groups is 1. The number of hydrogen-bond donors (Lipinski definition) is 1. The van der Waals surface area contributed by atoms with Gasteiger partial charge in [-0.1, -0.05) is 0 Å². The van der Waals surface area contributed by atoms with Gasteiger partial charge in [0.05, 0.1) is 6.61 Å². The normalized spacial score (nSPS) is 20.9. The molecule has 1 saturated carbocycles. The Hall–Kier alpha value is -1.30. The third kappa shape index (κ3) is 5.35. The van der Waals surface area contributed by atoms with Gasteiger partial charge in [0.25, 0.3) is 0 Å². The Labute approximate surface area is 157 Å². The molecule has 1 N–H and O–H groups in total. The van der Waals surface area contributed by atoms with Crippen molar-refractivity contribution in [1.82, 2.24) is 9.80 Å². The summed E-state index contributed by atoms with van der Waals surface area (Å²) in [5.41, 5.74) is -0.173. The maximum atomic E-state index is 12.6. The maximum absolute atomic E-state index is 12.6. The van der Waals surface area contributed by atoms with Crippen molar-refractivity contribution in [1.29, 1.82) is 0 Å². The molecule has 1 spiro atoms. The Kier molecular flexibility index (Phi) is 6.94. The van der Waals surface area contributed by atoms with Crippen molar-refractivity contribution in [2.24, 2.45) is 11.3 Å². The van der Waals surface area contributed by atoms with Crippen LogP contribution in [0.15, 0.2) is 0 Å². The molecular formula is C20H36N2O4. The van der Waals surface area contributed by atoms with Crippen molar-refractivity contribution in [3.8, 4) is 0 Å². The molecule has 0 aromatic rings. The first kappa shape index (κ1) is 21.0. The lowest BCUT2D eigenvalue weighted by Gasteiger charge is -2.46. The number of amides is 2. The number of likely N-dealkylation sites (N-methyl/N-ethyl adjacent to an activating group) is 1. The standard InChI is InChI=1S/C20H36N2O4/c1-5-21(14-15-23)17(24)16-6-8-20(9-7-16)10-12-22(13-11-20)18(25)26-19(2,3)4/h16,23H,5-15H2,1-4H3. The lowest BCUT2D eigenvalue weighted by Crippen LogP contribution is -2.47. The number of piperidine rings is 1. The summed E-state index contributed by atoms with van der Waals surface area (Å²) in [5.74, 6) is 0.290. The summed E-state index contributed by atoms with van der Waals surface area (Å²) in [6, 6.07) is 0. The van der Waals surface area contributed by atoms with Crippen LogP contribution in [0.3, 0.4) is 0 Å². The zero-order valence-corrected chi connectivity index (χ0v) is 16.9. The highest BCUT2D eigenvalue weighted by Crippen LogP contribution is 2.46. The van der Waals surface area contributed by atoms with Crippen LogP contribution in [-0.4, -0.2) is 65.3 Å². The molecular weight excluding hydrogens is 332 g/mol. The Balaban J connectivity index is 1.83. The molecule has 26 heavy (non-hydrogen) atoms. The number of likely N-dealkylation sites (tertiary alicyclic amines) is 1. The molecule has 1 aliphatic heterocycles. The summed E-state index contributed by atoms with van der Waals surface area (Å²) in [6.07, 6.45) is 5.76. The molecule has 1 heterocycles. The molecule has 0 unspecified atom stereocenters. The second kappa shape index (κ2) is 8.59. The highest BCUT2D eigenvalue weighted by atomic mass is 16.6. The average Bonchev–Trinajstić information content (AvgIpc) is 2.59. The molecule has 0 aromatic heterocycles. The van der Waals surface area contributed by atoms with Gasteiger partial charge in [0.1, 0.15) is 5.60 Å². The first-order valence-electron chi connectivity index (χ1n) is 10.1. The molecule has 2 aliphatic rings. The summed E-state index contributed by atoms with van der Waals surface area (Å²) in [6.45, 7) is 10.3. The SMILES string of the molecule is CCN(CCO)C(=O)C1CCC2(CC1)CCN(C(=O)OC(C)(C)C)CC2. The van der Waals surface area contributed by atoms with E-state index in [0.717, 1.165) is 51.6 Å². The van der Waals surface area contributed by atoms with E-state index in [0.29, 0.717) is 13.1 Å². The van der Waals surface area contributed by atoms with Crippen LogP contribution in [-0.2, 0) is 9.53 Å². The van der Waals surface area contributed by atoms with Gasteiger partial charge in [-0.25, -0.2) is 4.79 Å². The van der Waals surface area contributed by atoms with Gasteiger partial charge in [0, 0.05) is 32.1 Å². The van der Waals surface area contributed by atoms with Crippen molar-refractivity contribution in [2.75, 3.05) is 32.8 Å². The Morgan fingerprint density at radius 2 is 1.73 bits per heavy atom. The number of ether oxygens (including phenoxy) is 1. The van der Waals surface area contributed by atoms with E-state index in [4.69, 9.17) is 9.84 Å². The van der Waals surface area contributed by atoms with Gasteiger partial charge < -0.3 is 19.6 Å². The third-order valence-electron chi connectivity index (χ3n) is 5.93. The fourth-order valence-corrected chi connectivity index (χ4v) is 4.27. The van der Waals surface area contributed by atoms with Crippen LogP contribution < -0.4 is 0 Å². The van der Waals surface area contributed by atoms with Crippen molar-refractivity contribution in [2.45, 2.75) is 71.8 Å². The molecule has 150 valence electrons. The smallest absolute Gasteiger partial charge is 0.410 e. The summed E-state index contributed by atoms with van der Waals surface area (Å²) in [7, 11) is 0. The van der Waals surface area contributed by atoms with Gasteiger partial charge in [0.2, 0.25) is 5.91 Å². The first-order valence-corrected chi connectivity index (χ1v) is 10.1. The fourth-order valence-electron chi connectivity index (χ4n) is 4.27. The molecule has 6 nitrogen and oxygen atoms in total. The van der Waals surface area contributed by atoms with Gasteiger partial charge >= 0.3 is 6.09 Å². The van der Waals surface area contributed by atoms with Crippen LogP contribution in [0, 0.1) is 11.3 Å². The zero-order chi connectivity index (χ0) is 19.4. The molecule has 0 bridgehead atoms. The van der Waals surface area contributed by atoms with E-state index in [9.17, 15) is 9.59 Å². The Morgan fingerprint density at radius 3 is 2.19 bits per heavy atom.